The third-order valence-electron chi connectivity index (χ3n) is 6.85. The maximum absolute atomic E-state index is 12.7. The van der Waals surface area contributed by atoms with Crippen LogP contribution in [0.2, 0.25) is 0 Å². The van der Waals surface area contributed by atoms with E-state index in [2.05, 4.69) is 34.5 Å². The molecular formula is C23H35N3O3. The number of nitrogens with one attached hydrogen (secondary N) is 1. The van der Waals surface area contributed by atoms with Crippen molar-refractivity contribution in [2.75, 3.05) is 45.9 Å². The molecule has 3 heterocycles. The van der Waals surface area contributed by atoms with Gasteiger partial charge < -0.3 is 20.1 Å². The number of urea groups is 1. The Bertz CT molecular complexity index is 677. The molecule has 2 fully saturated rings. The van der Waals surface area contributed by atoms with Gasteiger partial charge in [-0.3, -0.25) is 4.90 Å². The van der Waals surface area contributed by atoms with Crippen LogP contribution in [0.3, 0.4) is 0 Å². The molecule has 0 bridgehead atoms. The summed E-state index contributed by atoms with van der Waals surface area (Å²) in [5, 5.41) is 13.4. The molecule has 2 atom stereocenters. The van der Waals surface area contributed by atoms with Gasteiger partial charge >= 0.3 is 6.03 Å². The first-order valence-electron chi connectivity index (χ1n) is 11.3. The lowest BCUT2D eigenvalue weighted by Gasteiger charge is -2.38. The molecule has 1 aromatic rings. The van der Waals surface area contributed by atoms with E-state index in [1.807, 2.05) is 4.90 Å². The smallest absolute Gasteiger partial charge is 0.317 e. The molecule has 2 saturated heterocycles. The van der Waals surface area contributed by atoms with Crippen LogP contribution in [0.25, 0.3) is 0 Å². The third-order valence-corrected chi connectivity index (χ3v) is 6.85. The van der Waals surface area contributed by atoms with Crippen molar-refractivity contribution in [1.82, 2.24) is 15.1 Å². The zero-order chi connectivity index (χ0) is 20.1. The van der Waals surface area contributed by atoms with Gasteiger partial charge in [0.25, 0.3) is 0 Å². The molecule has 6 heteroatoms. The Morgan fingerprint density at radius 1 is 1.14 bits per heavy atom. The Labute approximate surface area is 174 Å². The lowest BCUT2D eigenvalue weighted by molar-refractivity contribution is 0.0311. The summed E-state index contributed by atoms with van der Waals surface area (Å²) < 4.78 is 5.49. The molecule has 160 valence electrons. The molecule has 2 N–H and O–H groups in total. The zero-order valence-corrected chi connectivity index (χ0v) is 17.4. The van der Waals surface area contributed by atoms with Gasteiger partial charge in [-0.2, -0.15) is 0 Å². The second kappa shape index (κ2) is 9.92. The second-order valence-electron chi connectivity index (χ2n) is 8.89. The average Bonchev–Trinajstić information content (AvgIpc) is 2.78. The molecule has 0 radical (unpaired) electrons. The molecule has 0 aliphatic carbocycles. The summed E-state index contributed by atoms with van der Waals surface area (Å²) in [7, 11) is 0. The molecular weight excluding hydrogens is 366 g/mol. The van der Waals surface area contributed by atoms with E-state index in [1.165, 1.54) is 17.5 Å². The molecule has 3 aliphatic rings. The van der Waals surface area contributed by atoms with E-state index < -0.39 is 6.10 Å². The van der Waals surface area contributed by atoms with Gasteiger partial charge in [0.05, 0.1) is 6.10 Å². The highest BCUT2D eigenvalue weighted by molar-refractivity contribution is 5.74. The molecule has 6 nitrogen and oxygen atoms in total. The van der Waals surface area contributed by atoms with Crippen LogP contribution in [0, 0.1) is 11.8 Å². The van der Waals surface area contributed by atoms with E-state index >= 15 is 0 Å². The Morgan fingerprint density at radius 2 is 1.93 bits per heavy atom. The lowest BCUT2D eigenvalue weighted by Crippen LogP contribution is -2.50. The number of likely N-dealkylation sites (tertiary alicyclic amines) is 1. The number of β-amino-alcohol motifs (C(OH)–C–C–N with tert-alkyl or cyclic N) is 1. The number of amides is 2. The number of aliphatic hydroxyl groups is 1. The molecule has 0 unspecified atom stereocenters. The number of rotatable bonds is 5. The molecule has 2 amide bonds. The second-order valence-corrected chi connectivity index (χ2v) is 8.89. The van der Waals surface area contributed by atoms with Crippen molar-refractivity contribution in [3.8, 4) is 0 Å². The first kappa shape index (κ1) is 20.6. The molecule has 0 aromatic heterocycles. The minimum atomic E-state index is -0.541. The lowest BCUT2D eigenvalue weighted by atomic mass is 9.81. The number of aliphatic hydroxyl groups excluding tert-OH is 1. The number of carbonyl (C=O) groups is 1. The highest BCUT2D eigenvalue weighted by Gasteiger charge is 2.30. The number of carbonyl (C=O) groups excluding carboxylic acids is 1. The minimum Gasteiger partial charge on any atom is -0.390 e. The fourth-order valence-electron chi connectivity index (χ4n) is 5.16. The van der Waals surface area contributed by atoms with Gasteiger partial charge in [0.2, 0.25) is 0 Å². The monoisotopic (exact) mass is 401 g/mol. The predicted octanol–water partition coefficient (Wildman–Crippen LogP) is 2.25. The molecule has 4 rings (SSSR count). The van der Waals surface area contributed by atoms with Gasteiger partial charge in [0.15, 0.2) is 0 Å². The fourth-order valence-corrected chi connectivity index (χ4v) is 5.16. The van der Waals surface area contributed by atoms with Gasteiger partial charge in [-0.05, 0) is 55.1 Å². The van der Waals surface area contributed by atoms with Crippen LogP contribution >= 0.6 is 0 Å². The van der Waals surface area contributed by atoms with Gasteiger partial charge in [0.1, 0.15) is 0 Å². The summed E-state index contributed by atoms with van der Waals surface area (Å²) in [5.74, 6) is 1.28. The van der Waals surface area contributed by atoms with E-state index in [0.29, 0.717) is 24.9 Å². The third kappa shape index (κ3) is 5.50. The molecule has 1 aromatic carbocycles. The molecule has 0 saturated carbocycles. The van der Waals surface area contributed by atoms with Gasteiger partial charge in [-0.1, -0.05) is 24.3 Å². The zero-order valence-electron chi connectivity index (χ0n) is 17.4. The first-order chi connectivity index (χ1) is 14.2. The van der Waals surface area contributed by atoms with E-state index in [0.717, 1.165) is 65.1 Å². The van der Waals surface area contributed by atoms with Crippen molar-refractivity contribution in [1.29, 1.82) is 0 Å². The number of hydrogen-bond donors (Lipinski definition) is 2. The Morgan fingerprint density at radius 3 is 2.76 bits per heavy atom. The van der Waals surface area contributed by atoms with Crippen LogP contribution < -0.4 is 5.32 Å². The van der Waals surface area contributed by atoms with E-state index in [1.54, 1.807) is 0 Å². The maximum Gasteiger partial charge on any atom is 0.317 e. The number of fused-ring (bicyclic) bond motifs is 1. The van der Waals surface area contributed by atoms with Crippen molar-refractivity contribution >= 4 is 6.03 Å². The Kier molecular flexibility index (Phi) is 7.06. The predicted molar refractivity (Wildman–Crippen MR) is 113 cm³/mol. The first-order valence-corrected chi connectivity index (χ1v) is 11.3. The summed E-state index contributed by atoms with van der Waals surface area (Å²) >= 11 is 0. The summed E-state index contributed by atoms with van der Waals surface area (Å²) in [6, 6.07) is 8.50. The number of benzene rings is 1. The number of piperidine rings is 1. The van der Waals surface area contributed by atoms with Crippen LogP contribution in [0.15, 0.2) is 24.3 Å². The Hall–Kier alpha value is -1.63. The molecule has 29 heavy (non-hydrogen) atoms. The summed E-state index contributed by atoms with van der Waals surface area (Å²) in [6.07, 6.45) is 5.02. The number of nitrogens with zero attached hydrogens (tertiary/aromatic N) is 2. The van der Waals surface area contributed by atoms with Gasteiger partial charge in [-0.25, -0.2) is 4.79 Å². The Balaban J connectivity index is 1.20. The van der Waals surface area contributed by atoms with Gasteiger partial charge in [-0.15, -0.1) is 0 Å². The van der Waals surface area contributed by atoms with Crippen molar-refractivity contribution in [2.45, 2.75) is 44.8 Å². The van der Waals surface area contributed by atoms with Crippen molar-refractivity contribution < 1.29 is 14.6 Å². The van der Waals surface area contributed by atoms with Crippen LogP contribution in [0.1, 0.15) is 36.8 Å². The quantitative estimate of drug-likeness (QED) is 0.794. The number of hydrogen-bond acceptors (Lipinski definition) is 4. The van der Waals surface area contributed by atoms with E-state index in [-0.39, 0.29) is 6.03 Å². The maximum atomic E-state index is 12.7. The molecule has 3 aliphatic heterocycles. The standard InChI is InChI=1S/C23H35N3O3/c27-22(17-25-11-7-18-4-1-2-5-20(18)15-25)14-24-23(28)26-10-3-6-21(16-26)19-8-12-29-13-9-19/h1-2,4-5,19,21-22,27H,3,6-17H2,(H,24,28)/t21-,22-/m0/s1. The SMILES string of the molecule is O=C(NC[C@H](O)CN1CCc2ccccc2C1)N1CCC[C@H](C2CCOCC2)C1. The average molecular weight is 402 g/mol. The minimum absolute atomic E-state index is 0.0233. The fraction of sp³-hybridized carbons (Fsp3) is 0.696. The van der Waals surface area contributed by atoms with E-state index in [9.17, 15) is 9.90 Å². The summed E-state index contributed by atoms with van der Waals surface area (Å²) in [4.78, 5) is 16.9. The summed E-state index contributed by atoms with van der Waals surface area (Å²) in [5.41, 5.74) is 2.76. The highest BCUT2D eigenvalue weighted by atomic mass is 16.5. The van der Waals surface area contributed by atoms with Crippen LogP contribution in [-0.4, -0.2) is 73.0 Å². The van der Waals surface area contributed by atoms with Crippen LogP contribution in [0.5, 0.6) is 0 Å². The normalized spacial score (nSPS) is 24.7. The van der Waals surface area contributed by atoms with Crippen molar-refractivity contribution in [2.24, 2.45) is 11.8 Å². The topological polar surface area (TPSA) is 65.0 Å². The van der Waals surface area contributed by atoms with Gasteiger partial charge in [0, 0.05) is 52.5 Å². The largest absolute Gasteiger partial charge is 0.390 e. The number of ether oxygens (including phenoxy) is 1. The van der Waals surface area contributed by atoms with E-state index in [4.69, 9.17) is 4.74 Å². The van der Waals surface area contributed by atoms with Crippen molar-refractivity contribution in [3.63, 3.8) is 0 Å². The van der Waals surface area contributed by atoms with Crippen LogP contribution in [-0.2, 0) is 17.7 Å². The highest BCUT2D eigenvalue weighted by Crippen LogP contribution is 2.30. The summed E-state index contributed by atoms with van der Waals surface area (Å²) in [6.45, 7) is 6.14. The molecule has 0 spiro atoms. The van der Waals surface area contributed by atoms with Crippen molar-refractivity contribution in [3.05, 3.63) is 35.4 Å². The van der Waals surface area contributed by atoms with Crippen LogP contribution in [0.4, 0.5) is 4.79 Å².